The molecule has 49 heavy (non-hydrogen) atoms. The fourth-order valence-corrected chi connectivity index (χ4v) is 6.77. The number of likely N-dealkylation sites (tertiary alicyclic amines) is 1. The van der Waals surface area contributed by atoms with Gasteiger partial charge in [0, 0.05) is 51.0 Å². The molecule has 2 N–H and O–H groups in total. The summed E-state index contributed by atoms with van der Waals surface area (Å²) in [5.41, 5.74) is 7.20. The normalized spacial score (nSPS) is 17.5. The number of fused-ring (bicyclic) bond motifs is 1. The van der Waals surface area contributed by atoms with Crippen molar-refractivity contribution in [3.05, 3.63) is 89.0 Å². The summed E-state index contributed by atoms with van der Waals surface area (Å²) in [5.74, 6) is 1.16. The lowest BCUT2D eigenvalue weighted by molar-refractivity contribution is -0.128. The van der Waals surface area contributed by atoms with Gasteiger partial charge in [-0.1, -0.05) is 18.2 Å². The van der Waals surface area contributed by atoms with Gasteiger partial charge >= 0.3 is 11.8 Å². The van der Waals surface area contributed by atoms with Crippen LogP contribution in [0.15, 0.2) is 83.3 Å². The van der Waals surface area contributed by atoms with Crippen molar-refractivity contribution in [2.24, 2.45) is 0 Å². The Labute approximate surface area is 284 Å². The van der Waals surface area contributed by atoms with Crippen molar-refractivity contribution < 1.29 is 19.1 Å². The van der Waals surface area contributed by atoms with Crippen LogP contribution in [0.1, 0.15) is 32.7 Å². The topological polar surface area (TPSA) is 152 Å². The molecule has 0 unspecified atom stereocenters. The van der Waals surface area contributed by atoms with E-state index >= 15 is 0 Å². The molecule has 4 heterocycles. The predicted molar refractivity (Wildman–Crippen MR) is 184 cm³/mol. The number of nitrogens with zero attached hydrogens (tertiary/aromatic N) is 7. The van der Waals surface area contributed by atoms with E-state index in [1.165, 1.54) is 7.11 Å². The van der Waals surface area contributed by atoms with Gasteiger partial charge in [0.15, 0.2) is 0 Å². The number of aromatic nitrogens is 3. The zero-order chi connectivity index (χ0) is 34.7. The van der Waals surface area contributed by atoms with Crippen LogP contribution in [0.3, 0.4) is 0 Å². The van der Waals surface area contributed by atoms with E-state index in [9.17, 15) is 19.6 Å². The van der Waals surface area contributed by atoms with Gasteiger partial charge in [-0.25, -0.2) is 14.6 Å². The molecule has 4 aromatic rings. The fourth-order valence-electron chi connectivity index (χ4n) is 6.77. The second-order valence-corrected chi connectivity index (χ2v) is 12.8. The number of piperidine rings is 1. The zero-order valence-electron chi connectivity index (χ0n) is 27.9. The second kappa shape index (κ2) is 13.9. The fraction of sp³-hybridized carbons (Fsp3) is 0.361. The third-order valence-electron chi connectivity index (χ3n) is 9.31. The van der Waals surface area contributed by atoms with Crippen LogP contribution in [0.5, 0.6) is 11.5 Å². The zero-order valence-corrected chi connectivity index (χ0v) is 27.9. The number of hydrogen-bond acceptors (Lipinski definition) is 9. The highest BCUT2D eigenvalue weighted by atomic mass is 16.5. The number of ether oxygens (including phenoxy) is 2. The molecule has 2 aromatic heterocycles. The van der Waals surface area contributed by atoms with Gasteiger partial charge in [-0.05, 0) is 75.2 Å². The summed E-state index contributed by atoms with van der Waals surface area (Å²) in [4.78, 5) is 49.7. The van der Waals surface area contributed by atoms with Crippen molar-refractivity contribution in [2.45, 2.75) is 38.3 Å². The summed E-state index contributed by atoms with van der Waals surface area (Å²) < 4.78 is 14.0. The molecule has 13 heteroatoms. The maximum Gasteiger partial charge on any atom is 0.409 e. The first-order valence-electron chi connectivity index (χ1n) is 16.3. The molecule has 2 aliphatic rings. The minimum absolute atomic E-state index is 0.0436. The molecule has 6 rings (SSSR count). The van der Waals surface area contributed by atoms with E-state index in [0.29, 0.717) is 73.8 Å². The van der Waals surface area contributed by atoms with Gasteiger partial charge in [0.1, 0.15) is 34.5 Å². The van der Waals surface area contributed by atoms with Crippen LogP contribution < -0.4 is 16.2 Å². The number of nitrogens with two attached hydrogens (primary N) is 1. The van der Waals surface area contributed by atoms with Crippen LogP contribution in [0, 0.1) is 11.3 Å². The number of methoxy groups -OCH3 is 1. The highest BCUT2D eigenvalue weighted by Gasteiger charge is 2.34. The Bertz CT molecular complexity index is 1970. The predicted octanol–water partition coefficient (Wildman–Crippen LogP) is 4.34. The van der Waals surface area contributed by atoms with Gasteiger partial charge in [-0.15, -0.1) is 0 Å². The molecule has 2 aromatic carbocycles. The number of para-hydroxylation sites is 1. The molecule has 0 radical (unpaired) electrons. The molecule has 2 amide bonds. The number of pyridine rings is 1. The Hall–Kier alpha value is -5.61. The molecule has 0 saturated carbocycles. The Morgan fingerprint density at radius 1 is 0.980 bits per heavy atom. The third-order valence-corrected chi connectivity index (χ3v) is 9.31. The van der Waals surface area contributed by atoms with Gasteiger partial charge in [-0.3, -0.25) is 18.8 Å². The standard InChI is InChI=1S/C36H40N8O5/c1-36(2,42-20-18-40(19-21-42)35(47)48-3)22-25(23-37)33(45)41-17-7-8-27(24-41)43-30-15-16-39-32(38)31(30)44(34(43)46)26-11-13-29(14-12-26)49-28-9-5-4-6-10-28/h4-6,9-16,22,27H,7-8,17-21,24H2,1-3H3,(H2,38,39)/b25-22-/t27-/m1/s1. The highest BCUT2D eigenvalue weighted by molar-refractivity contribution is 5.97. The number of anilines is 1. The van der Waals surface area contributed by atoms with Crippen molar-refractivity contribution in [1.82, 2.24) is 28.8 Å². The van der Waals surface area contributed by atoms with Crippen LogP contribution in [0.4, 0.5) is 10.6 Å². The van der Waals surface area contributed by atoms with Gasteiger partial charge in [0.05, 0.1) is 24.4 Å². The molecule has 0 aliphatic carbocycles. The highest BCUT2D eigenvalue weighted by Crippen LogP contribution is 2.30. The van der Waals surface area contributed by atoms with E-state index in [1.807, 2.05) is 44.2 Å². The number of piperazine rings is 1. The van der Waals surface area contributed by atoms with E-state index in [4.69, 9.17) is 15.2 Å². The van der Waals surface area contributed by atoms with Gasteiger partial charge in [0.2, 0.25) is 0 Å². The van der Waals surface area contributed by atoms with E-state index in [0.717, 1.165) is 0 Å². The van der Waals surface area contributed by atoms with E-state index < -0.39 is 5.54 Å². The van der Waals surface area contributed by atoms with E-state index in [1.54, 1.807) is 61.5 Å². The number of carbonyl (C=O) groups excluding carboxylic acids is 2. The van der Waals surface area contributed by atoms with Gasteiger partial charge in [-0.2, -0.15) is 5.26 Å². The number of amides is 2. The van der Waals surface area contributed by atoms with Crippen LogP contribution in [0.2, 0.25) is 0 Å². The summed E-state index contributed by atoms with van der Waals surface area (Å²) in [6, 6.07) is 20.2. The summed E-state index contributed by atoms with van der Waals surface area (Å²) in [5, 5.41) is 10.1. The minimum atomic E-state index is -0.616. The lowest BCUT2D eigenvalue weighted by atomic mass is 9.96. The van der Waals surface area contributed by atoms with Crippen LogP contribution in [-0.2, 0) is 9.53 Å². The van der Waals surface area contributed by atoms with Gasteiger partial charge in [0.25, 0.3) is 5.91 Å². The first-order valence-corrected chi connectivity index (χ1v) is 16.3. The number of carbonyl (C=O) groups is 2. The first kappa shape index (κ1) is 33.3. The quantitative estimate of drug-likeness (QED) is 0.225. The smallest absolute Gasteiger partial charge is 0.409 e. The van der Waals surface area contributed by atoms with Crippen LogP contribution in [-0.4, -0.2) is 92.7 Å². The molecule has 13 nitrogen and oxygen atoms in total. The number of nitrogen functional groups attached to an aromatic ring is 1. The number of benzene rings is 2. The maximum absolute atomic E-state index is 14.2. The molecule has 0 bridgehead atoms. The first-order chi connectivity index (χ1) is 23.6. The number of imidazole rings is 1. The molecule has 2 fully saturated rings. The number of rotatable bonds is 7. The largest absolute Gasteiger partial charge is 0.457 e. The number of hydrogen-bond donors (Lipinski definition) is 1. The average molecular weight is 665 g/mol. The summed E-state index contributed by atoms with van der Waals surface area (Å²) in [6.45, 7) is 6.75. The minimum Gasteiger partial charge on any atom is -0.457 e. The maximum atomic E-state index is 14.2. The molecule has 2 aliphatic heterocycles. The molecule has 254 valence electrons. The van der Waals surface area contributed by atoms with E-state index in [-0.39, 0.29) is 41.7 Å². The average Bonchev–Trinajstić information content (AvgIpc) is 3.43. The van der Waals surface area contributed by atoms with Gasteiger partial charge < -0.3 is 25.0 Å². The summed E-state index contributed by atoms with van der Waals surface area (Å²) >= 11 is 0. The molecular weight excluding hydrogens is 624 g/mol. The Balaban J connectivity index is 1.25. The third kappa shape index (κ3) is 6.73. The summed E-state index contributed by atoms with van der Waals surface area (Å²) in [6.07, 6.45) is 4.23. The van der Waals surface area contributed by atoms with Crippen LogP contribution in [0.25, 0.3) is 16.7 Å². The van der Waals surface area contributed by atoms with Crippen LogP contribution >= 0.6 is 0 Å². The monoisotopic (exact) mass is 664 g/mol. The Kier molecular flexibility index (Phi) is 9.42. The lowest BCUT2D eigenvalue weighted by Gasteiger charge is -2.42. The molecule has 1 atom stereocenters. The Morgan fingerprint density at radius 2 is 1.67 bits per heavy atom. The van der Waals surface area contributed by atoms with Crippen molar-refractivity contribution in [3.63, 3.8) is 0 Å². The van der Waals surface area contributed by atoms with E-state index in [2.05, 4.69) is 16.0 Å². The second-order valence-electron chi connectivity index (χ2n) is 12.8. The Morgan fingerprint density at radius 3 is 2.35 bits per heavy atom. The number of nitriles is 1. The molecular formula is C36H40N8O5. The molecule has 0 spiro atoms. The van der Waals surface area contributed by atoms with Crippen molar-refractivity contribution >= 4 is 28.9 Å². The summed E-state index contributed by atoms with van der Waals surface area (Å²) in [7, 11) is 1.36. The van der Waals surface area contributed by atoms with Crippen molar-refractivity contribution in [2.75, 3.05) is 52.1 Å². The van der Waals surface area contributed by atoms with Crippen molar-refractivity contribution in [3.8, 4) is 23.3 Å². The SMILES string of the molecule is COC(=O)N1CCN(C(C)(C)/C=C(/C#N)C(=O)N2CCC[C@@H](n3c(=O)n(-c4ccc(Oc5ccccc5)cc4)c4c(N)nccc43)C2)CC1. The molecule has 2 saturated heterocycles. The van der Waals surface area contributed by atoms with Crippen molar-refractivity contribution in [1.29, 1.82) is 5.26 Å². The lowest BCUT2D eigenvalue weighted by Crippen LogP contribution is -2.55.